The Morgan fingerprint density at radius 2 is 2.00 bits per heavy atom. The average Bonchev–Trinajstić information content (AvgIpc) is 2.80. The number of hydrogen-bond acceptors (Lipinski definition) is 9. The first-order valence-electron chi connectivity index (χ1n) is 11.2. The number of phenolic OH excluding ortho intramolecular Hbond substituents is 1. The average molecular weight is 490 g/mol. The SMILES string of the molecule is CCSCCOC(=O)C1=C(C)NC2=C(C(=O)[C@@H](C(=O)OC)[C@@H](C)C2)[C@@H]1c1ccc(OC)c(O)c1. The summed E-state index contributed by atoms with van der Waals surface area (Å²) >= 11 is 1.65. The highest BCUT2D eigenvalue weighted by Crippen LogP contribution is 2.46. The minimum Gasteiger partial charge on any atom is -0.504 e. The zero-order valence-electron chi connectivity index (χ0n) is 20.1. The highest BCUT2D eigenvalue weighted by molar-refractivity contribution is 7.99. The standard InChI is InChI=1S/C25H31NO7S/c1-6-34-10-9-33-25(30)20-14(3)26-16-11-13(2)19(24(29)32-5)23(28)22(16)21(20)15-7-8-18(31-4)17(27)12-15/h7-8,12-13,19,21,26-27H,6,9-11H2,1-5H3/t13-,19-,21+/m0/s1. The Hall–Kier alpha value is -2.94. The smallest absolute Gasteiger partial charge is 0.336 e. The Morgan fingerprint density at radius 3 is 2.62 bits per heavy atom. The molecule has 0 unspecified atom stereocenters. The van der Waals surface area contributed by atoms with Gasteiger partial charge in [-0.1, -0.05) is 19.9 Å². The van der Waals surface area contributed by atoms with E-state index in [4.69, 9.17) is 14.2 Å². The minimum absolute atomic E-state index is 0.119. The van der Waals surface area contributed by atoms with Crippen molar-refractivity contribution in [3.05, 3.63) is 46.3 Å². The number of thioether (sulfide) groups is 1. The van der Waals surface area contributed by atoms with Crippen LogP contribution in [0, 0.1) is 11.8 Å². The van der Waals surface area contributed by atoms with Crippen molar-refractivity contribution in [3.63, 3.8) is 0 Å². The van der Waals surface area contributed by atoms with Crippen LogP contribution in [0.15, 0.2) is 40.7 Å². The van der Waals surface area contributed by atoms with Crippen molar-refractivity contribution in [2.45, 2.75) is 33.1 Å². The van der Waals surface area contributed by atoms with Crippen LogP contribution in [0.5, 0.6) is 11.5 Å². The summed E-state index contributed by atoms with van der Waals surface area (Å²) < 4.78 is 15.6. The molecule has 1 aromatic carbocycles. The first kappa shape index (κ1) is 25.7. The van der Waals surface area contributed by atoms with E-state index in [0.29, 0.717) is 34.7 Å². The van der Waals surface area contributed by atoms with Gasteiger partial charge in [-0.3, -0.25) is 9.59 Å². The number of allylic oxidation sites excluding steroid dienone is 3. The second kappa shape index (κ2) is 11.0. The molecule has 0 amide bonds. The van der Waals surface area contributed by atoms with E-state index in [1.807, 2.05) is 13.8 Å². The van der Waals surface area contributed by atoms with Crippen LogP contribution in [0.25, 0.3) is 0 Å². The lowest BCUT2D eigenvalue weighted by Crippen LogP contribution is -2.43. The molecule has 0 bridgehead atoms. The number of rotatable bonds is 8. The highest BCUT2D eigenvalue weighted by atomic mass is 32.2. The van der Waals surface area contributed by atoms with E-state index in [0.717, 1.165) is 5.75 Å². The van der Waals surface area contributed by atoms with Crippen molar-refractivity contribution in [1.29, 1.82) is 0 Å². The van der Waals surface area contributed by atoms with E-state index in [2.05, 4.69) is 5.32 Å². The number of carbonyl (C=O) groups excluding carboxylic acids is 3. The van der Waals surface area contributed by atoms with Gasteiger partial charge in [0.2, 0.25) is 0 Å². The molecule has 0 spiro atoms. The Balaban J connectivity index is 2.11. The van der Waals surface area contributed by atoms with Crippen LogP contribution in [-0.2, 0) is 23.9 Å². The van der Waals surface area contributed by atoms with E-state index in [-0.39, 0.29) is 29.6 Å². The molecule has 1 aliphatic carbocycles. The number of nitrogens with one attached hydrogen (secondary N) is 1. The van der Waals surface area contributed by atoms with Gasteiger partial charge >= 0.3 is 11.9 Å². The molecule has 0 saturated carbocycles. The number of ketones is 1. The maximum Gasteiger partial charge on any atom is 0.336 e. The largest absolute Gasteiger partial charge is 0.504 e. The summed E-state index contributed by atoms with van der Waals surface area (Å²) in [6.07, 6.45) is 0.437. The summed E-state index contributed by atoms with van der Waals surface area (Å²) in [4.78, 5) is 39.4. The molecule has 3 atom stereocenters. The monoisotopic (exact) mass is 489 g/mol. The van der Waals surface area contributed by atoms with Crippen molar-refractivity contribution in [1.82, 2.24) is 5.32 Å². The third-order valence-electron chi connectivity index (χ3n) is 6.16. The number of dihydropyridines is 1. The molecule has 9 heteroatoms. The predicted molar refractivity (Wildman–Crippen MR) is 129 cm³/mol. The number of hydrogen-bond donors (Lipinski definition) is 2. The summed E-state index contributed by atoms with van der Waals surface area (Å²) in [5.41, 5.74) is 2.35. The number of benzene rings is 1. The maximum atomic E-state index is 13.7. The zero-order valence-corrected chi connectivity index (χ0v) is 20.9. The maximum absolute atomic E-state index is 13.7. The second-order valence-corrected chi connectivity index (χ2v) is 9.69. The van der Waals surface area contributed by atoms with E-state index in [9.17, 15) is 19.5 Å². The molecule has 8 nitrogen and oxygen atoms in total. The van der Waals surface area contributed by atoms with Gasteiger partial charge in [-0.05, 0) is 42.7 Å². The lowest BCUT2D eigenvalue weighted by Gasteiger charge is -2.38. The second-order valence-electron chi connectivity index (χ2n) is 8.30. The third kappa shape index (κ3) is 4.94. The Morgan fingerprint density at radius 1 is 1.26 bits per heavy atom. The fourth-order valence-corrected chi connectivity index (χ4v) is 5.08. The summed E-state index contributed by atoms with van der Waals surface area (Å²) in [6.45, 7) is 5.85. The summed E-state index contributed by atoms with van der Waals surface area (Å²) in [6, 6.07) is 4.76. The predicted octanol–water partition coefficient (Wildman–Crippen LogP) is 3.31. The van der Waals surface area contributed by atoms with Crippen LogP contribution in [0.4, 0.5) is 0 Å². The van der Waals surface area contributed by atoms with Gasteiger partial charge in [0.1, 0.15) is 12.5 Å². The number of esters is 2. The van der Waals surface area contributed by atoms with Crippen LogP contribution < -0.4 is 10.1 Å². The normalized spacial score (nSPS) is 22.1. The molecular formula is C25H31NO7S. The van der Waals surface area contributed by atoms with Gasteiger partial charge < -0.3 is 24.6 Å². The molecule has 0 radical (unpaired) electrons. The molecule has 0 saturated heterocycles. The van der Waals surface area contributed by atoms with Crippen LogP contribution in [-0.4, -0.2) is 55.2 Å². The molecule has 1 aromatic rings. The van der Waals surface area contributed by atoms with E-state index in [1.165, 1.54) is 20.3 Å². The van der Waals surface area contributed by atoms with Crippen LogP contribution in [0.3, 0.4) is 0 Å². The van der Waals surface area contributed by atoms with Gasteiger partial charge in [0.05, 0.1) is 19.8 Å². The molecule has 34 heavy (non-hydrogen) atoms. The van der Waals surface area contributed by atoms with Crippen LogP contribution in [0.1, 0.15) is 38.7 Å². The van der Waals surface area contributed by atoms with Gasteiger partial charge in [0.15, 0.2) is 17.3 Å². The number of carbonyl (C=O) groups is 3. The van der Waals surface area contributed by atoms with Crippen LogP contribution >= 0.6 is 11.8 Å². The molecule has 0 aromatic heterocycles. The molecule has 184 valence electrons. The lowest BCUT2D eigenvalue weighted by molar-refractivity contribution is -0.151. The molecular weight excluding hydrogens is 458 g/mol. The van der Waals surface area contributed by atoms with Gasteiger partial charge in [-0.25, -0.2) is 4.79 Å². The van der Waals surface area contributed by atoms with E-state index < -0.39 is 29.6 Å². The highest BCUT2D eigenvalue weighted by Gasteiger charge is 2.47. The molecule has 1 heterocycles. The fourth-order valence-electron chi connectivity index (χ4n) is 4.59. The van der Waals surface area contributed by atoms with Gasteiger partial charge in [0, 0.05) is 28.6 Å². The lowest BCUT2D eigenvalue weighted by atomic mass is 9.69. The molecule has 3 rings (SSSR count). The fraction of sp³-hybridized carbons (Fsp3) is 0.480. The molecule has 0 fully saturated rings. The summed E-state index contributed by atoms with van der Waals surface area (Å²) in [5.74, 6) is -1.89. The van der Waals surface area contributed by atoms with Crippen molar-refractivity contribution in [3.8, 4) is 11.5 Å². The molecule has 2 aliphatic rings. The number of ether oxygens (including phenoxy) is 3. The van der Waals surface area contributed by atoms with Gasteiger partial charge in [-0.15, -0.1) is 0 Å². The van der Waals surface area contributed by atoms with Gasteiger partial charge in [0.25, 0.3) is 0 Å². The first-order valence-corrected chi connectivity index (χ1v) is 12.3. The Bertz CT molecular complexity index is 1050. The zero-order chi connectivity index (χ0) is 25.0. The molecule has 1 aliphatic heterocycles. The summed E-state index contributed by atoms with van der Waals surface area (Å²) in [5, 5.41) is 13.7. The molecule has 2 N–H and O–H groups in total. The first-order chi connectivity index (χ1) is 16.2. The number of methoxy groups -OCH3 is 2. The number of aromatic hydroxyl groups is 1. The van der Waals surface area contributed by atoms with E-state index in [1.54, 1.807) is 30.8 Å². The van der Waals surface area contributed by atoms with Crippen molar-refractivity contribution < 1.29 is 33.7 Å². The van der Waals surface area contributed by atoms with Crippen molar-refractivity contribution in [2.24, 2.45) is 11.8 Å². The third-order valence-corrected chi connectivity index (χ3v) is 7.03. The number of Topliss-reactive ketones (excluding diaryl/α,β-unsaturated/α-hetero) is 1. The van der Waals surface area contributed by atoms with Crippen LogP contribution in [0.2, 0.25) is 0 Å². The van der Waals surface area contributed by atoms with Crippen molar-refractivity contribution >= 4 is 29.5 Å². The Kier molecular flexibility index (Phi) is 8.30. The minimum atomic E-state index is -0.975. The van der Waals surface area contributed by atoms with E-state index >= 15 is 0 Å². The van der Waals surface area contributed by atoms with Crippen molar-refractivity contribution in [2.75, 3.05) is 32.3 Å². The summed E-state index contributed by atoms with van der Waals surface area (Å²) in [7, 11) is 2.69. The Labute approximate surface area is 203 Å². The quantitative estimate of drug-likeness (QED) is 0.323. The topological polar surface area (TPSA) is 111 Å². The van der Waals surface area contributed by atoms with Gasteiger partial charge in [-0.2, -0.15) is 11.8 Å². The number of phenols is 1.